The van der Waals surface area contributed by atoms with E-state index < -0.39 is 0 Å². The molecular weight excluding hydrogens is 791 g/mol. The molecule has 0 atom stereocenters. The molecule has 5 heteroatoms. The predicted molar refractivity (Wildman–Crippen MR) is 271 cm³/mol. The van der Waals surface area contributed by atoms with Crippen LogP contribution in [0, 0.1) is 0 Å². The molecule has 0 radical (unpaired) electrons. The first-order chi connectivity index (χ1) is 32.2. The topological polar surface area (TPSA) is 54.8 Å². The molecule has 0 spiro atoms. The van der Waals surface area contributed by atoms with Gasteiger partial charge in [0.15, 0.2) is 0 Å². The third-order valence-electron chi connectivity index (χ3n) is 13.1. The second-order valence-corrected chi connectivity index (χ2v) is 16.8. The summed E-state index contributed by atoms with van der Waals surface area (Å²) in [5.41, 5.74) is 11.6. The Labute approximate surface area is 374 Å². The van der Waals surface area contributed by atoms with E-state index in [1.165, 1.54) is 65.0 Å². The fraction of sp³-hybridized carbons (Fsp3) is 0. The summed E-state index contributed by atoms with van der Waals surface area (Å²) >= 11 is 0. The highest BCUT2D eigenvalue weighted by Crippen LogP contribution is 2.42. The van der Waals surface area contributed by atoms with E-state index in [0.717, 1.165) is 61.1 Å². The molecule has 0 unspecified atom stereocenters. The van der Waals surface area contributed by atoms with Gasteiger partial charge in [-0.2, -0.15) is 20.4 Å². The first kappa shape index (κ1) is 36.8. The normalized spacial score (nSPS) is 11.7. The molecule has 11 aromatic carbocycles. The highest BCUT2D eigenvalue weighted by molar-refractivity contribution is 6.14. The number of rotatable bonds is 6. The predicted octanol–water partition coefficient (Wildman–Crippen LogP) is 15.8. The van der Waals surface area contributed by atoms with Gasteiger partial charge in [-0.1, -0.05) is 152 Å². The Bertz CT molecular complexity index is 3850. The van der Waals surface area contributed by atoms with E-state index >= 15 is 0 Å². The van der Waals surface area contributed by atoms with E-state index in [4.69, 9.17) is 0 Å². The molecule has 13 aromatic rings. The van der Waals surface area contributed by atoms with E-state index in [1.807, 2.05) is 12.4 Å². The van der Waals surface area contributed by atoms with Gasteiger partial charge >= 0.3 is 0 Å². The SMILES string of the molecule is c1ccc2cc(-c3ccc4c(ccc5cc(N(c6ccc(-c7cnnc8ccc9ccccc9c78)cc6)c6ccc(-c7cnnc8ccc9ccccc9c78)cc6)ccc54)c3)ccc2c1. The molecule has 0 fully saturated rings. The third-order valence-corrected chi connectivity index (χ3v) is 13.1. The van der Waals surface area contributed by atoms with Crippen LogP contribution < -0.4 is 4.90 Å². The minimum absolute atomic E-state index is 0.880. The number of hydrogen-bond acceptors (Lipinski definition) is 5. The van der Waals surface area contributed by atoms with Crippen LogP contribution in [0.3, 0.4) is 0 Å². The number of benzene rings is 11. The standard InChI is InChI=1S/C60H37N5/c1-2-10-43-33-44(14-13-38(43)7-1)45-21-29-51-46(34-45)15-16-47-35-50(28-30-52(47)51)65(48-24-17-41(18-25-48)55-36-61-63-57-31-22-39-8-3-5-11-53(39)59(55)57)49-26-19-42(20-27-49)56-37-62-64-58-32-23-40-9-4-6-12-54(40)60(56)58/h1-37H. The Morgan fingerprint density at radius 3 is 1.28 bits per heavy atom. The second kappa shape index (κ2) is 14.9. The van der Waals surface area contributed by atoms with Gasteiger partial charge in [-0.25, -0.2) is 0 Å². The van der Waals surface area contributed by atoms with Gasteiger partial charge in [-0.05, 0) is 137 Å². The van der Waals surface area contributed by atoms with Gasteiger partial charge in [0.05, 0.1) is 23.4 Å². The van der Waals surface area contributed by atoms with Crippen LogP contribution in [-0.4, -0.2) is 20.4 Å². The minimum atomic E-state index is 0.880. The Kier molecular flexibility index (Phi) is 8.46. The van der Waals surface area contributed by atoms with Crippen molar-refractivity contribution in [3.8, 4) is 33.4 Å². The van der Waals surface area contributed by atoms with Crippen molar-refractivity contribution in [3.63, 3.8) is 0 Å². The van der Waals surface area contributed by atoms with Crippen molar-refractivity contribution >= 4 is 92.7 Å². The maximum atomic E-state index is 4.51. The molecule has 0 amide bonds. The van der Waals surface area contributed by atoms with Crippen LogP contribution in [0.25, 0.3) is 109 Å². The van der Waals surface area contributed by atoms with Crippen LogP contribution in [-0.2, 0) is 0 Å². The molecule has 0 aliphatic rings. The molecular formula is C60H37N5. The van der Waals surface area contributed by atoms with Gasteiger partial charge in [0, 0.05) is 39.0 Å². The van der Waals surface area contributed by atoms with Crippen molar-refractivity contribution in [1.29, 1.82) is 0 Å². The summed E-state index contributed by atoms with van der Waals surface area (Å²) in [6, 6.07) is 76.5. The van der Waals surface area contributed by atoms with E-state index in [0.29, 0.717) is 0 Å². The summed E-state index contributed by atoms with van der Waals surface area (Å²) in [6.07, 6.45) is 3.78. The van der Waals surface area contributed by atoms with E-state index in [2.05, 4.69) is 238 Å². The molecule has 0 aliphatic heterocycles. The van der Waals surface area contributed by atoms with Gasteiger partial charge < -0.3 is 4.90 Å². The van der Waals surface area contributed by atoms with Crippen LogP contribution in [0.2, 0.25) is 0 Å². The molecule has 13 rings (SSSR count). The molecule has 0 bridgehead atoms. The summed E-state index contributed by atoms with van der Waals surface area (Å²) in [4.78, 5) is 2.34. The lowest BCUT2D eigenvalue weighted by atomic mass is 9.95. The zero-order chi connectivity index (χ0) is 42.8. The molecule has 0 saturated carbocycles. The number of anilines is 3. The zero-order valence-electron chi connectivity index (χ0n) is 35.1. The summed E-state index contributed by atoms with van der Waals surface area (Å²) < 4.78 is 0. The van der Waals surface area contributed by atoms with Crippen LogP contribution >= 0.6 is 0 Å². The minimum Gasteiger partial charge on any atom is -0.310 e. The first-order valence-electron chi connectivity index (χ1n) is 21.9. The Hall–Kier alpha value is -8.80. The van der Waals surface area contributed by atoms with Crippen molar-refractivity contribution in [2.24, 2.45) is 0 Å². The van der Waals surface area contributed by atoms with Crippen molar-refractivity contribution in [2.45, 2.75) is 0 Å². The number of fused-ring (bicyclic) bond motifs is 10. The summed E-state index contributed by atoms with van der Waals surface area (Å²) in [7, 11) is 0. The molecule has 5 nitrogen and oxygen atoms in total. The third kappa shape index (κ3) is 6.24. The van der Waals surface area contributed by atoms with Crippen LogP contribution in [0.1, 0.15) is 0 Å². The highest BCUT2D eigenvalue weighted by atomic mass is 15.1. The smallest absolute Gasteiger partial charge is 0.0942 e. The van der Waals surface area contributed by atoms with Gasteiger partial charge in [0.1, 0.15) is 0 Å². The molecule has 0 N–H and O–H groups in total. The number of aromatic nitrogens is 4. The summed E-state index contributed by atoms with van der Waals surface area (Å²) in [6.45, 7) is 0. The second-order valence-electron chi connectivity index (χ2n) is 16.8. The van der Waals surface area contributed by atoms with Crippen molar-refractivity contribution < 1.29 is 0 Å². The van der Waals surface area contributed by atoms with E-state index in [1.54, 1.807) is 0 Å². The van der Waals surface area contributed by atoms with E-state index in [-0.39, 0.29) is 0 Å². The fourth-order valence-corrected chi connectivity index (χ4v) is 9.89. The number of nitrogens with zero attached hydrogens (tertiary/aromatic N) is 5. The zero-order valence-corrected chi connectivity index (χ0v) is 35.1. The molecule has 65 heavy (non-hydrogen) atoms. The van der Waals surface area contributed by atoms with Gasteiger partial charge in [-0.15, -0.1) is 0 Å². The molecule has 302 valence electrons. The van der Waals surface area contributed by atoms with Gasteiger partial charge in [-0.3, -0.25) is 0 Å². The highest BCUT2D eigenvalue weighted by Gasteiger charge is 2.17. The van der Waals surface area contributed by atoms with E-state index in [9.17, 15) is 0 Å². The largest absolute Gasteiger partial charge is 0.310 e. The Morgan fingerprint density at radius 2 is 0.692 bits per heavy atom. The molecule has 0 aliphatic carbocycles. The maximum absolute atomic E-state index is 4.51. The van der Waals surface area contributed by atoms with Gasteiger partial charge in [0.25, 0.3) is 0 Å². The maximum Gasteiger partial charge on any atom is 0.0942 e. The fourth-order valence-electron chi connectivity index (χ4n) is 9.89. The Morgan fingerprint density at radius 1 is 0.277 bits per heavy atom. The molecule has 2 heterocycles. The van der Waals surface area contributed by atoms with Gasteiger partial charge in [0.2, 0.25) is 0 Å². The lowest BCUT2D eigenvalue weighted by Crippen LogP contribution is -2.10. The Balaban J connectivity index is 0.926. The molecule has 0 saturated heterocycles. The van der Waals surface area contributed by atoms with Crippen LogP contribution in [0.5, 0.6) is 0 Å². The lowest BCUT2D eigenvalue weighted by molar-refractivity contribution is 1.08. The van der Waals surface area contributed by atoms with Crippen molar-refractivity contribution in [1.82, 2.24) is 20.4 Å². The summed E-state index contributed by atoms with van der Waals surface area (Å²) in [5.74, 6) is 0. The quantitative estimate of drug-likeness (QED) is 0.156. The first-order valence-corrected chi connectivity index (χ1v) is 21.9. The van der Waals surface area contributed by atoms with Crippen molar-refractivity contribution in [2.75, 3.05) is 4.90 Å². The van der Waals surface area contributed by atoms with Crippen LogP contribution in [0.15, 0.2) is 225 Å². The van der Waals surface area contributed by atoms with Crippen molar-refractivity contribution in [3.05, 3.63) is 225 Å². The monoisotopic (exact) mass is 827 g/mol. The summed E-state index contributed by atoms with van der Waals surface area (Å²) in [5, 5.41) is 32.1. The molecule has 2 aromatic heterocycles. The lowest BCUT2D eigenvalue weighted by Gasteiger charge is -2.26. The van der Waals surface area contributed by atoms with Crippen LogP contribution in [0.4, 0.5) is 17.1 Å². The average Bonchev–Trinajstić information content (AvgIpc) is 3.38. The number of hydrogen-bond donors (Lipinski definition) is 0. The average molecular weight is 828 g/mol.